The van der Waals surface area contributed by atoms with Crippen LogP contribution < -0.4 is 4.74 Å². The SMILES string of the molecule is Cc1ccnc(C2(C)CCCN2C(=O)COc2ccccc2)n1. The Hall–Kier alpha value is -2.43. The quantitative estimate of drug-likeness (QED) is 0.871. The first kappa shape index (κ1) is 15.5. The molecule has 23 heavy (non-hydrogen) atoms. The van der Waals surface area contributed by atoms with E-state index in [-0.39, 0.29) is 12.5 Å². The van der Waals surface area contributed by atoms with Crippen LogP contribution in [0.15, 0.2) is 42.6 Å². The second-order valence-electron chi connectivity index (χ2n) is 6.05. The van der Waals surface area contributed by atoms with Crippen molar-refractivity contribution in [2.45, 2.75) is 32.2 Å². The lowest BCUT2D eigenvalue weighted by Gasteiger charge is -2.33. The molecule has 2 heterocycles. The number of rotatable bonds is 4. The number of carbonyl (C=O) groups excluding carboxylic acids is 1. The second kappa shape index (κ2) is 6.36. The van der Waals surface area contributed by atoms with Crippen molar-refractivity contribution in [2.24, 2.45) is 0 Å². The molecule has 0 bridgehead atoms. The Morgan fingerprint density at radius 1 is 1.30 bits per heavy atom. The van der Waals surface area contributed by atoms with Crippen molar-refractivity contribution in [1.82, 2.24) is 14.9 Å². The molecule has 0 spiro atoms. The van der Waals surface area contributed by atoms with E-state index in [0.717, 1.165) is 18.5 Å². The largest absolute Gasteiger partial charge is 0.484 e. The average molecular weight is 311 g/mol. The Morgan fingerprint density at radius 2 is 2.09 bits per heavy atom. The predicted octanol–water partition coefficient (Wildman–Crippen LogP) is 2.70. The minimum Gasteiger partial charge on any atom is -0.484 e. The minimum atomic E-state index is -0.455. The van der Waals surface area contributed by atoms with Crippen molar-refractivity contribution >= 4 is 5.91 Å². The maximum absolute atomic E-state index is 12.6. The van der Waals surface area contributed by atoms with Gasteiger partial charge in [-0.2, -0.15) is 0 Å². The summed E-state index contributed by atoms with van der Waals surface area (Å²) in [6.45, 7) is 4.72. The van der Waals surface area contributed by atoms with Gasteiger partial charge in [-0.15, -0.1) is 0 Å². The molecule has 0 saturated carbocycles. The molecule has 1 unspecified atom stereocenters. The molecule has 1 aliphatic heterocycles. The number of hydrogen-bond donors (Lipinski definition) is 0. The number of carbonyl (C=O) groups is 1. The summed E-state index contributed by atoms with van der Waals surface area (Å²) in [5, 5.41) is 0. The van der Waals surface area contributed by atoms with Crippen molar-refractivity contribution in [1.29, 1.82) is 0 Å². The van der Waals surface area contributed by atoms with Crippen molar-refractivity contribution in [3.05, 3.63) is 54.1 Å². The van der Waals surface area contributed by atoms with Gasteiger partial charge in [0.2, 0.25) is 0 Å². The maximum atomic E-state index is 12.6. The van der Waals surface area contributed by atoms with Crippen LogP contribution in [0.1, 0.15) is 31.3 Å². The number of amides is 1. The van der Waals surface area contributed by atoms with Crippen LogP contribution in [0.25, 0.3) is 0 Å². The van der Waals surface area contributed by atoms with Gasteiger partial charge in [0, 0.05) is 18.4 Å². The number of para-hydroxylation sites is 1. The highest BCUT2D eigenvalue weighted by Crippen LogP contribution is 2.36. The monoisotopic (exact) mass is 311 g/mol. The summed E-state index contributed by atoms with van der Waals surface area (Å²) < 4.78 is 5.60. The normalized spacial score (nSPS) is 20.5. The Bertz CT molecular complexity index is 690. The Labute approximate surface area is 136 Å². The molecular formula is C18H21N3O2. The third kappa shape index (κ3) is 3.18. The van der Waals surface area contributed by atoms with Gasteiger partial charge in [0.15, 0.2) is 12.4 Å². The van der Waals surface area contributed by atoms with Crippen molar-refractivity contribution in [3.8, 4) is 5.75 Å². The zero-order valence-electron chi connectivity index (χ0n) is 13.5. The van der Waals surface area contributed by atoms with Gasteiger partial charge in [-0.1, -0.05) is 18.2 Å². The first-order valence-corrected chi connectivity index (χ1v) is 7.88. The number of ether oxygens (including phenoxy) is 1. The third-order valence-electron chi connectivity index (χ3n) is 4.32. The Kier molecular flexibility index (Phi) is 4.28. The highest BCUT2D eigenvalue weighted by molar-refractivity contribution is 5.79. The lowest BCUT2D eigenvalue weighted by Crippen LogP contribution is -2.46. The van der Waals surface area contributed by atoms with E-state index in [0.29, 0.717) is 18.1 Å². The zero-order chi connectivity index (χ0) is 16.3. The van der Waals surface area contributed by atoms with E-state index < -0.39 is 5.54 Å². The number of nitrogens with zero attached hydrogens (tertiary/aromatic N) is 3. The Balaban J connectivity index is 1.74. The number of likely N-dealkylation sites (tertiary alicyclic amines) is 1. The fourth-order valence-electron chi connectivity index (χ4n) is 3.04. The highest BCUT2D eigenvalue weighted by Gasteiger charge is 2.43. The summed E-state index contributed by atoms with van der Waals surface area (Å²) in [5.41, 5.74) is 0.458. The van der Waals surface area contributed by atoms with Crippen LogP contribution in [-0.4, -0.2) is 33.9 Å². The summed E-state index contributed by atoms with van der Waals surface area (Å²) in [7, 11) is 0. The van der Waals surface area contributed by atoms with E-state index in [4.69, 9.17) is 4.74 Å². The molecule has 1 aromatic carbocycles. The van der Waals surface area contributed by atoms with Crippen LogP contribution in [0, 0.1) is 6.92 Å². The summed E-state index contributed by atoms with van der Waals surface area (Å²) >= 11 is 0. The molecule has 0 N–H and O–H groups in total. The number of hydrogen-bond acceptors (Lipinski definition) is 4. The summed E-state index contributed by atoms with van der Waals surface area (Å²) in [5.74, 6) is 1.38. The molecule has 1 atom stereocenters. The molecule has 3 rings (SSSR count). The van der Waals surface area contributed by atoms with E-state index in [2.05, 4.69) is 9.97 Å². The fraction of sp³-hybridized carbons (Fsp3) is 0.389. The molecule has 5 heteroatoms. The third-order valence-corrected chi connectivity index (χ3v) is 4.32. The van der Waals surface area contributed by atoms with E-state index in [1.807, 2.05) is 55.1 Å². The molecule has 1 saturated heterocycles. The summed E-state index contributed by atoms with van der Waals surface area (Å²) in [6.07, 6.45) is 3.57. The van der Waals surface area contributed by atoms with Gasteiger partial charge in [0.1, 0.15) is 5.75 Å². The number of aryl methyl sites for hydroxylation is 1. The molecule has 5 nitrogen and oxygen atoms in total. The number of aromatic nitrogens is 2. The van der Waals surface area contributed by atoms with Gasteiger partial charge in [0.05, 0.1) is 5.54 Å². The zero-order valence-corrected chi connectivity index (χ0v) is 13.5. The number of benzene rings is 1. The van der Waals surface area contributed by atoms with E-state index in [1.54, 1.807) is 6.20 Å². The molecule has 0 radical (unpaired) electrons. The molecular weight excluding hydrogens is 290 g/mol. The lowest BCUT2D eigenvalue weighted by molar-refractivity contribution is -0.137. The smallest absolute Gasteiger partial charge is 0.261 e. The molecule has 120 valence electrons. The van der Waals surface area contributed by atoms with E-state index in [9.17, 15) is 4.79 Å². The van der Waals surface area contributed by atoms with Crippen LogP contribution in [-0.2, 0) is 10.3 Å². The van der Waals surface area contributed by atoms with Crippen LogP contribution in [0.4, 0.5) is 0 Å². The van der Waals surface area contributed by atoms with Crippen LogP contribution >= 0.6 is 0 Å². The topological polar surface area (TPSA) is 55.3 Å². The van der Waals surface area contributed by atoms with Gasteiger partial charge in [-0.05, 0) is 44.9 Å². The first-order chi connectivity index (χ1) is 11.1. The van der Waals surface area contributed by atoms with Crippen LogP contribution in [0.5, 0.6) is 5.75 Å². The Morgan fingerprint density at radius 3 is 2.83 bits per heavy atom. The second-order valence-corrected chi connectivity index (χ2v) is 6.05. The van der Waals surface area contributed by atoms with E-state index in [1.165, 1.54) is 0 Å². The summed E-state index contributed by atoms with van der Waals surface area (Å²) in [4.78, 5) is 23.4. The van der Waals surface area contributed by atoms with Gasteiger partial charge in [0.25, 0.3) is 5.91 Å². The molecule has 0 aliphatic carbocycles. The van der Waals surface area contributed by atoms with Crippen molar-refractivity contribution in [3.63, 3.8) is 0 Å². The van der Waals surface area contributed by atoms with Crippen LogP contribution in [0.2, 0.25) is 0 Å². The molecule has 2 aromatic rings. The molecule has 1 aliphatic rings. The molecule has 1 amide bonds. The van der Waals surface area contributed by atoms with Gasteiger partial charge in [-0.3, -0.25) is 4.79 Å². The van der Waals surface area contributed by atoms with Gasteiger partial charge in [-0.25, -0.2) is 9.97 Å². The van der Waals surface area contributed by atoms with Gasteiger partial charge >= 0.3 is 0 Å². The first-order valence-electron chi connectivity index (χ1n) is 7.88. The van der Waals surface area contributed by atoms with E-state index >= 15 is 0 Å². The molecule has 1 fully saturated rings. The lowest BCUT2D eigenvalue weighted by atomic mass is 9.97. The summed E-state index contributed by atoms with van der Waals surface area (Å²) in [6, 6.07) is 11.3. The standard InChI is InChI=1S/C18H21N3O2/c1-14-9-11-19-17(20-14)18(2)10-6-12-21(18)16(22)13-23-15-7-4-3-5-8-15/h3-5,7-9,11H,6,10,12-13H2,1-2H3. The average Bonchev–Trinajstić information content (AvgIpc) is 2.97. The minimum absolute atomic E-state index is 0.0287. The molecule has 1 aromatic heterocycles. The van der Waals surface area contributed by atoms with Crippen molar-refractivity contribution in [2.75, 3.05) is 13.2 Å². The predicted molar refractivity (Wildman–Crippen MR) is 87.0 cm³/mol. The van der Waals surface area contributed by atoms with Crippen molar-refractivity contribution < 1.29 is 9.53 Å². The fourth-order valence-corrected chi connectivity index (χ4v) is 3.04. The van der Waals surface area contributed by atoms with Crippen LogP contribution in [0.3, 0.4) is 0 Å². The van der Waals surface area contributed by atoms with Gasteiger partial charge < -0.3 is 9.64 Å². The maximum Gasteiger partial charge on any atom is 0.261 e. The highest BCUT2D eigenvalue weighted by atomic mass is 16.5.